The second-order valence-electron chi connectivity index (χ2n) is 22.7. The maximum Gasteiger partial charge on any atom is 0.335 e. The number of rotatable bonds is 57. The van der Waals surface area contributed by atoms with Gasteiger partial charge in [0.05, 0.1) is 6.61 Å². The molecule has 0 amide bonds. The molecule has 12 nitrogen and oxygen atoms in total. The predicted molar refractivity (Wildman–Crippen MR) is 340 cm³/mol. The first-order valence-electron chi connectivity index (χ1n) is 33.6. The topological polar surface area (TPSA) is 175 Å². The summed E-state index contributed by atoms with van der Waals surface area (Å²) in [7, 11) is 0. The fourth-order valence-corrected chi connectivity index (χ4v) is 9.80. The van der Waals surface area contributed by atoms with Crippen molar-refractivity contribution in [2.75, 3.05) is 13.2 Å². The minimum atomic E-state index is -1.91. The number of allylic oxidation sites excluding steroid dienone is 14. The number of carbonyl (C=O) groups is 4. The number of aliphatic carboxylic acids is 1. The fourth-order valence-electron chi connectivity index (χ4n) is 9.80. The van der Waals surface area contributed by atoms with E-state index in [2.05, 4.69) is 106 Å². The van der Waals surface area contributed by atoms with Gasteiger partial charge in [-0.3, -0.25) is 14.4 Å². The Hall–Kier alpha value is -4.10. The minimum absolute atomic E-state index is 0.0401. The Morgan fingerprint density at radius 2 is 0.759 bits per heavy atom. The predicted octanol–water partition coefficient (Wildman–Crippen LogP) is 18.2. The number of hydrogen-bond acceptors (Lipinski definition) is 11. The van der Waals surface area contributed by atoms with Gasteiger partial charge in [-0.05, 0) is 116 Å². The summed E-state index contributed by atoms with van der Waals surface area (Å²) in [6.07, 6.45) is 63.9. The molecule has 1 aliphatic rings. The number of carboxylic acids is 1. The van der Waals surface area contributed by atoms with Crippen molar-refractivity contribution >= 4 is 23.9 Å². The minimum Gasteiger partial charge on any atom is -0.479 e. The summed E-state index contributed by atoms with van der Waals surface area (Å²) in [6.45, 7) is 5.87. The van der Waals surface area contributed by atoms with Crippen LogP contribution in [-0.4, -0.2) is 89.2 Å². The van der Waals surface area contributed by atoms with Crippen LogP contribution in [0, 0.1) is 0 Å². The highest BCUT2D eigenvalue weighted by Gasteiger charge is 2.50. The molecule has 0 aliphatic carbocycles. The molecule has 6 unspecified atom stereocenters. The molecule has 1 aliphatic heterocycles. The van der Waals surface area contributed by atoms with Crippen LogP contribution >= 0.6 is 0 Å². The highest BCUT2D eigenvalue weighted by molar-refractivity contribution is 5.74. The largest absolute Gasteiger partial charge is 0.479 e. The summed E-state index contributed by atoms with van der Waals surface area (Å²) in [5.41, 5.74) is 0. The molecule has 1 saturated heterocycles. The summed E-state index contributed by atoms with van der Waals surface area (Å²) in [5.74, 6) is -3.15. The molecule has 1 rings (SSSR count). The molecule has 0 radical (unpaired) electrons. The molecule has 0 aromatic heterocycles. The van der Waals surface area contributed by atoms with Gasteiger partial charge in [-0.15, -0.1) is 0 Å². The Morgan fingerprint density at radius 1 is 0.410 bits per heavy atom. The lowest BCUT2D eigenvalue weighted by Crippen LogP contribution is -2.61. The van der Waals surface area contributed by atoms with E-state index in [-0.39, 0.29) is 25.9 Å². The van der Waals surface area contributed by atoms with Crippen LogP contribution in [-0.2, 0) is 42.9 Å². The molecule has 0 bridgehead atoms. The van der Waals surface area contributed by atoms with Gasteiger partial charge in [0.1, 0.15) is 18.8 Å². The number of aliphatic hydroxyl groups excluding tert-OH is 2. The number of hydrogen-bond donors (Lipinski definition) is 3. The van der Waals surface area contributed by atoms with Gasteiger partial charge < -0.3 is 39.0 Å². The van der Waals surface area contributed by atoms with E-state index >= 15 is 0 Å². The lowest BCUT2D eigenvalue weighted by Gasteiger charge is -2.40. The van der Waals surface area contributed by atoms with E-state index in [1.54, 1.807) is 0 Å². The SMILES string of the molecule is CC/C=C\C/C=C\C/C=C\C/C=C\CCCCCCCCC(=O)OC1C(OCC(COC(=O)CCCCCCCCCCC/C=C\CCCCCCCC)OC(=O)CCCCCCC/C=C\C/C=C\CCCCC)OC(C(=O)O)C(O)C1O. The van der Waals surface area contributed by atoms with Gasteiger partial charge in [0.15, 0.2) is 24.6 Å². The van der Waals surface area contributed by atoms with E-state index in [4.69, 9.17) is 23.7 Å². The van der Waals surface area contributed by atoms with E-state index < -0.39 is 67.3 Å². The van der Waals surface area contributed by atoms with Crippen molar-refractivity contribution in [2.45, 2.75) is 327 Å². The second kappa shape index (κ2) is 58.3. The van der Waals surface area contributed by atoms with Gasteiger partial charge in [0.2, 0.25) is 0 Å². The molecule has 0 spiro atoms. The van der Waals surface area contributed by atoms with Gasteiger partial charge in [-0.1, -0.05) is 241 Å². The highest BCUT2D eigenvalue weighted by atomic mass is 16.7. The summed E-state index contributed by atoms with van der Waals surface area (Å²) >= 11 is 0. The van der Waals surface area contributed by atoms with Crippen molar-refractivity contribution in [3.63, 3.8) is 0 Å². The fraction of sp³-hybridized carbons (Fsp3) is 0.746. The van der Waals surface area contributed by atoms with Crippen LogP contribution in [0.2, 0.25) is 0 Å². The molecule has 476 valence electrons. The summed E-state index contributed by atoms with van der Waals surface area (Å²) in [4.78, 5) is 51.4. The molecule has 1 heterocycles. The third-order valence-electron chi connectivity index (χ3n) is 14.9. The monoisotopic (exact) mass is 1160 g/mol. The molecule has 83 heavy (non-hydrogen) atoms. The molecule has 12 heteroatoms. The van der Waals surface area contributed by atoms with Gasteiger partial charge in [0.25, 0.3) is 0 Å². The molecular formula is C71H120O12. The summed E-state index contributed by atoms with van der Waals surface area (Å²) < 4.78 is 28.5. The zero-order valence-corrected chi connectivity index (χ0v) is 52.7. The molecular weight excluding hydrogens is 1040 g/mol. The van der Waals surface area contributed by atoms with E-state index in [1.807, 2.05) is 0 Å². The van der Waals surface area contributed by atoms with Gasteiger partial charge in [0, 0.05) is 19.3 Å². The first-order chi connectivity index (χ1) is 40.6. The maximum atomic E-state index is 13.2. The summed E-state index contributed by atoms with van der Waals surface area (Å²) in [5, 5.41) is 31.6. The highest BCUT2D eigenvalue weighted by Crippen LogP contribution is 2.27. The Labute approximate surface area is 505 Å². The average Bonchev–Trinajstić information content (AvgIpc) is 3.60. The lowest BCUT2D eigenvalue weighted by molar-refractivity contribution is -0.301. The van der Waals surface area contributed by atoms with E-state index in [1.165, 1.54) is 103 Å². The standard InChI is InChI=1S/C71H120O12/c1-4-7-10-13-16-19-22-25-28-30-32-34-37-39-42-45-48-51-54-57-63(72)79-60-62(81-64(73)58-55-52-49-46-43-40-36-27-24-21-18-15-12-9-6-3)61-80-71-69(67(76)66(75)68(83-71)70(77)78)82-65(74)59-56-53-50-47-44-41-38-35-33-31-29-26-23-20-17-14-11-8-5-2/h8,11,17-18,20-21,25-29,33,35-36,62,66-69,71,75-76H,4-7,9-10,12-16,19,22-24,30-32,34,37-61H2,1-3H3,(H,77,78)/b11-8-,20-17-,21-18-,28-25-,29-26-,35-33-,36-27-. The zero-order valence-electron chi connectivity index (χ0n) is 52.7. The molecule has 0 saturated carbocycles. The van der Waals surface area contributed by atoms with Crippen LogP contribution in [0.1, 0.15) is 290 Å². The summed E-state index contributed by atoms with van der Waals surface area (Å²) in [6, 6.07) is 0. The van der Waals surface area contributed by atoms with Crippen LogP contribution in [0.5, 0.6) is 0 Å². The lowest BCUT2D eigenvalue weighted by atomic mass is 9.98. The van der Waals surface area contributed by atoms with Crippen LogP contribution in [0.25, 0.3) is 0 Å². The van der Waals surface area contributed by atoms with Crippen molar-refractivity contribution in [2.24, 2.45) is 0 Å². The number of unbranched alkanes of at least 4 members (excludes halogenated alkanes) is 29. The Bertz CT molecular complexity index is 1760. The van der Waals surface area contributed by atoms with Crippen LogP contribution in [0.15, 0.2) is 85.1 Å². The Morgan fingerprint density at radius 3 is 1.19 bits per heavy atom. The van der Waals surface area contributed by atoms with Crippen molar-refractivity contribution in [1.29, 1.82) is 0 Å². The molecule has 1 fully saturated rings. The van der Waals surface area contributed by atoms with Crippen molar-refractivity contribution in [1.82, 2.24) is 0 Å². The first-order valence-corrected chi connectivity index (χ1v) is 33.6. The van der Waals surface area contributed by atoms with Gasteiger partial charge >= 0.3 is 23.9 Å². The second-order valence-corrected chi connectivity index (χ2v) is 22.7. The van der Waals surface area contributed by atoms with Crippen LogP contribution in [0.4, 0.5) is 0 Å². The smallest absolute Gasteiger partial charge is 0.335 e. The molecule has 0 aromatic rings. The van der Waals surface area contributed by atoms with Gasteiger partial charge in [-0.2, -0.15) is 0 Å². The third-order valence-corrected chi connectivity index (χ3v) is 14.9. The van der Waals surface area contributed by atoms with E-state index in [0.717, 1.165) is 128 Å². The van der Waals surface area contributed by atoms with E-state index in [9.17, 15) is 34.5 Å². The van der Waals surface area contributed by atoms with Crippen LogP contribution < -0.4 is 0 Å². The normalized spacial score (nSPS) is 18.1. The number of carboxylic acid groups (broad SMARTS) is 1. The zero-order chi connectivity index (χ0) is 60.3. The molecule has 3 N–H and O–H groups in total. The van der Waals surface area contributed by atoms with Gasteiger partial charge in [-0.25, -0.2) is 4.79 Å². The van der Waals surface area contributed by atoms with Crippen molar-refractivity contribution in [3.8, 4) is 0 Å². The van der Waals surface area contributed by atoms with Crippen LogP contribution in [0.3, 0.4) is 0 Å². The van der Waals surface area contributed by atoms with E-state index in [0.29, 0.717) is 19.3 Å². The molecule has 0 aromatic carbocycles. The first kappa shape index (κ1) is 76.9. The quantitative estimate of drug-likeness (QED) is 0.0228. The Balaban J connectivity index is 2.66. The molecule has 6 atom stereocenters. The number of carbonyl (C=O) groups excluding carboxylic acids is 3. The average molecular weight is 1170 g/mol. The maximum absolute atomic E-state index is 13.2. The number of aliphatic hydroxyl groups is 2. The Kier molecular flexibility index (Phi) is 54.0. The third kappa shape index (κ3) is 47.8. The number of ether oxygens (including phenoxy) is 5. The van der Waals surface area contributed by atoms with Crippen molar-refractivity contribution < 1.29 is 58.2 Å². The van der Waals surface area contributed by atoms with Crippen molar-refractivity contribution in [3.05, 3.63) is 85.1 Å². The number of esters is 3.